The zero-order chi connectivity index (χ0) is 16.0. The van der Waals surface area contributed by atoms with Gasteiger partial charge in [-0.3, -0.25) is 9.80 Å². The first-order chi connectivity index (χ1) is 9.82. The van der Waals surface area contributed by atoms with Crippen molar-refractivity contribution in [3.8, 4) is 0 Å². The van der Waals surface area contributed by atoms with E-state index in [1.165, 1.54) is 0 Å². The number of aliphatic hydroxyl groups is 2. The van der Waals surface area contributed by atoms with Crippen LogP contribution in [-0.4, -0.2) is 73.7 Å². The summed E-state index contributed by atoms with van der Waals surface area (Å²) in [6.45, 7) is 2.92. The van der Waals surface area contributed by atoms with Gasteiger partial charge in [-0.05, 0) is 52.8 Å². The normalized spacial score (nSPS) is 14.3. The first-order valence-electron chi connectivity index (χ1n) is 7.09. The molecule has 0 saturated heterocycles. The van der Waals surface area contributed by atoms with Crippen LogP contribution in [0.3, 0.4) is 0 Å². The lowest BCUT2D eigenvalue weighted by atomic mass is 10.1. The van der Waals surface area contributed by atoms with E-state index in [0.29, 0.717) is 13.1 Å². The lowest BCUT2D eigenvalue weighted by molar-refractivity contribution is 0.0523. The van der Waals surface area contributed by atoms with Crippen molar-refractivity contribution in [1.29, 1.82) is 0 Å². The average molecular weight is 296 g/mol. The second-order valence-corrected chi connectivity index (χ2v) is 5.63. The van der Waals surface area contributed by atoms with E-state index in [4.69, 9.17) is 0 Å². The number of hydrogen-bond acceptors (Lipinski definition) is 6. The summed E-state index contributed by atoms with van der Waals surface area (Å²) in [4.78, 5) is 3.50. The second kappa shape index (κ2) is 8.19. The van der Waals surface area contributed by atoms with Crippen molar-refractivity contribution in [2.24, 2.45) is 0 Å². The van der Waals surface area contributed by atoms with Crippen LogP contribution in [0.15, 0.2) is 18.2 Å². The number of likely N-dealkylation sites (N-methyl/N-ethyl adjacent to an activating group) is 2. The Morgan fingerprint density at radius 2 is 1.29 bits per heavy atom. The Labute approximate surface area is 127 Å². The molecular formula is C15H28N4O2. The van der Waals surface area contributed by atoms with Crippen LogP contribution >= 0.6 is 0 Å². The van der Waals surface area contributed by atoms with Gasteiger partial charge in [0.1, 0.15) is 12.5 Å². The number of hydrogen-bond donors (Lipinski definition) is 4. The molecule has 0 bridgehead atoms. The van der Waals surface area contributed by atoms with Crippen LogP contribution in [-0.2, 0) is 0 Å². The Balaban J connectivity index is 2.65. The minimum absolute atomic E-state index is 0.456. The molecule has 4 N–H and O–H groups in total. The van der Waals surface area contributed by atoms with Gasteiger partial charge in [0.25, 0.3) is 0 Å². The SMILES string of the molecule is Cc1c(NCC(O)N(C)C)cccc1NCC(O)N(C)C. The third kappa shape index (κ3) is 5.51. The molecule has 1 rings (SSSR count). The number of nitrogens with one attached hydrogen (secondary N) is 2. The van der Waals surface area contributed by atoms with Crippen molar-refractivity contribution in [1.82, 2.24) is 9.80 Å². The quantitative estimate of drug-likeness (QED) is 0.526. The molecule has 0 spiro atoms. The lowest BCUT2D eigenvalue weighted by Gasteiger charge is -2.22. The van der Waals surface area contributed by atoms with Gasteiger partial charge in [-0.2, -0.15) is 0 Å². The molecule has 120 valence electrons. The lowest BCUT2D eigenvalue weighted by Crippen LogP contribution is -2.34. The summed E-state index contributed by atoms with van der Waals surface area (Å²) in [6, 6.07) is 5.90. The van der Waals surface area contributed by atoms with Gasteiger partial charge >= 0.3 is 0 Å². The molecule has 0 heterocycles. The Morgan fingerprint density at radius 3 is 1.62 bits per heavy atom. The van der Waals surface area contributed by atoms with E-state index >= 15 is 0 Å². The average Bonchev–Trinajstić information content (AvgIpc) is 2.43. The summed E-state index contributed by atoms with van der Waals surface area (Å²) >= 11 is 0. The zero-order valence-electron chi connectivity index (χ0n) is 13.6. The second-order valence-electron chi connectivity index (χ2n) is 5.63. The maximum atomic E-state index is 9.79. The predicted molar refractivity (Wildman–Crippen MR) is 87.5 cm³/mol. The van der Waals surface area contributed by atoms with Gasteiger partial charge in [-0.25, -0.2) is 0 Å². The molecule has 1 aromatic rings. The van der Waals surface area contributed by atoms with E-state index in [2.05, 4.69) is 10.6 Å². The molecule has 0 amide bonds. The van der Waals surface area contributed by atoms with Crippen LogP contribution in [0.25, 0.3) is 0 Å². The van der Waals surface area contributed by atoms with Gasteiger partial charge in [0.2, 0.25) is 0 Å². The molecular weight excluding hydrogens is 268 g/mol. The Hall–Kier alpha value is -1.34. The third-order valence-electron chi connectivity index (χ3n) is 3.48. The first-order valence-corrected chi connectivity index (χ1v) is 7.09. The monoisotopic (exact) mass is 296 g/mol. The summed E-state index contributed by atoms with van der Waals surface area (Å²) in [7, 11) is 7.33. The smallest absolute Gasteiger partial charge is 0.124 e. The van der Waals surface area contributed by atoms with Crippen molar-refractivity contribution in [3.05, 3.63) is 23.8 Å². The molecule has 6 nitrogen and oxygen atoms in total. The van der Waals surface area contributed by atoms with E-state index in [1.54, 1.807) is 9.80 Å². The maximum Gasteiger partial charge on any atom is 0.124 e. The Bertz CT molecular complexity index is 401. The van der Waals surface area contributed by atoms with Crippen LogP contribution < -0.4 is 10.6 Å². The van der Waals surface area contributed by atoms with Crippen molar-refractivity contribution in [3.63, 3.8) is 0 Å². The van der Waals surface area contributed by atoms with Crippen molar-refractivity contribution in [2.75, 3.05) is 51.9 Å². The molecule has 0 radical (unpaired) electrons. The molecule has 2 atom stereocenters. The first kappa shape index (κ1) is 17.7. The van der Waals surface area contributed by atoms with Gasteiger partial charge in [0.15, 0.2) is 0 Å². The maximum absolute atomic E-state index is 9.79. The van der Waals surface area contributed by atoms with E-state index in [0.717, 1.165) is 16.9 Å². The summed E-state index contributed by atoms with van der Waals surface area (Å²) in [5.74, 6) is 0. The van der Waals surface area contributed by atoms with E-state index in [1.807, 2.05) is 53.3 Å². The van der Waals surface area contributed by atoms with Crippen LogP contribution in [0.2, 0.25) is 0 Å². The highest BCUT2D eigenvalue weighted by Crippen LogP contribution is 2.23. The molecule has 0 aromatic heterocycles. The fraction of sp³-hybridized carbons (Fsp3) is 0.600. The molecule has 0 saturated carbocycles. The van der Waals surface area contributed by atoms with E-state index < -0.39 is 12.5 Å². The van der Waals surface area contributed by atoms with Crippen LogP contribution in [0.4, 0.5) is 11.4 Å². The molecule has 0 aliphatic rings. The number of rotatable bonds is 8. The number of anilines is 2. The minimum atomic E-state index is -0.531. The number of aliphatic hydroxyl groups excluding tert-OH is 2. The fourth-order valence-corrected chi connectivity index (χ4v) is 1.79. The topological polar surface area (TPSA) is 71.0 Å². The van der Waals surface area contributed by atoms with Gasteiger partial charge < -0.3 is 20.8 Å². The fourth-order valence-electron chi connectivity index (χ4n) is 1.79. The predicted octanol–water partition coefficient (Wildman–Crippen LogP) is 0.579. The third-order valence-corrected chi connectivity index (χ3v) is 3.48. The molecule has 0 aliphatic carbocycles. The molecule has 6 heteroatoms. The molecule has 0 fully saturated rings. The van der Waals surface area contributed by atoms with E-state index in [9.17, 15) is 10.2 Å². The highest BCUT2D eigenvalue weighted by molar-refractivity contribution is 5.65. The summed E-state index contributed by atoms with van der Waals surface area (Å²) in [5.41, 5.74) is 3.01. The largest absolute Gasteiger partial charge is 0.381 e. The molecule has 0 aliphatic heterocycles. The molecule has 2 unspecified atom stereocenters. The highest BCUT2D eigenvalue weighted by Gasteiger charge is 2.10. The van der Waals surface area contributed by atoms with Gasteiger partial charge in [-0.1, -0.05) is 6.07 Å². The van der Waals surface area contributed by atoms with Crippen LogP contribution in [0.5, 0.6) is 0 Å². The Kier molecular flexibility index (Phi) is 6.91. The summed E-state index contributed by atoms with van der Waals surface area (Å²) in [6.07, 6.45) is -1.06. The van der Waals surface area contributed by atoms with Crippen LogP contribution in [0, 0.1) is 6.92 Å². The standard InChI is InChI=1S/C15H28N4O2/c1-11-12(16-9-14(20)18(2)3)7-6-8-13(11)17-10-15(21)19(4)5/h6-8,14-17,20-21H,9-10H2,1-5H3. The minimum Gasteiger partial charge on any atom is -0.381 e. The van der Waals surface area contributed by atoms with E-state index in [-0.39, 0.29) is 0 Å². The summed E-state index contributed by atoms with van der Waals surface area (Å²) in [5, 5.41) is 26.1. The van der Waals surface area contributed by atoms with Gasteiger partial charge in [0.05, 0.1) is 13.1 Å². The molecule has 1 aromatic carbocycles. The highest BCUT2D eigenvalue weighted by atomic mass is 16.3. The van der Waals surface area contributed by atoms with Crippen molar-refractivity contribution >= 4 is 11.4 Å². The van der Waals surface area contributed by atoms with Crippen LogP contribution in [0.1, 0.15) is 5.56 Å². The molecule has 21 heavy (non-hydrogen) atoms. The number of benzene rings is 1. The Morgan fingerprint density at radius 1 is 0.905 bits per heavy atom. The van der Waals surface area contributed by atoms with Crippen molar-refractivity contribution in [2.45, 2.75) is 19.4 Å². The zero-order valence-corrected chi connectivity index (χ0v) is 13.6. The number of nitrogens with zero attached hydrogens (tertiary/aromatic N) is 2. The van der Waals surface area contributed by atoms with Gasteiger partial charge in [0, 0.05) is 11.4 Å². The van der Waals surface area contributed by atoms with Crippen molar-refractivity contribution < 1.29 is 10.2 Å². The summed E-state index contributed by atoms with van der Waals surface area (Å²) < 4.78 is 0. The van der Waals surface area contributed by atoms with Gasteiger partial charge in [-0.15, -0.1) is 0 Å².